The first kappa shape index (κ1) is 20.0. The highest BCUT2D eigenvalue weighted by atomic mass is 32.2. The predicted molar refractivity (Wildman–Crippen MR) is 106 cm³/mol. The number of aromatic nitrogens is 1. The highest BCUT2D eigenvalue weighted by Gasteiger charge is 2.20. The molecule has 0 aliphatic rings. The van der Waals surface area contributed by atoms with Crippen molar-refractivity contribution < 1.29 is 14.1 Å². The third kappa shape index (κ3) is 5.62. The molecule has 0 unspecified atom stereocenters. The monoisotopic (exact) mass is 375 g/mol. The number of rotatable bonds is 6. The number of benzene rings is 1. The summed E-state index contributed by atoms with van der Waals surface area (Å²) in [5.41, 5.74) is 1.81. The third-order valence-corrected chi connectivity index (χ3v) is 4.86. The molecule has 0 aliphatic heterocycles. The number of para-hydroxylation sites is 1. The Hall–Kier alpha value is -2.28. The molecule has 1 aromatic carbocycles. The van der Waals surface area contributed by atoms with Gasteiger partial charge in [0.25, 0.3) is 0 Å². The lowest BCUT2D eigenvalue weighted by molar-refractivity contribution is -0.115. The minimum Gasteiger partial charge on any atom is -0.360 e. The second-order valence-corrected chi connectivity index (χ2v) is 8.44. The molecule has 6 nitrogen and oxygen atoms in total. The van der Waals surface area contributed by atoms with Crippen LogP contribution in [0, 0.1) is 6.92 Å². The Labute approximate surface area is 158 Å². The summed E-state index contributed by atoms with van der Waals surface area (Å²) in [7, 11) is 0. The number of nitrogens with one attached hydrogen (secondary N) is 2. The standard InChI is InChI=1S/C19H25N3O3S/c1-12-10-16(22-25-12)21-18(24)13(2)26-11-17(23)20-15-9-7-6-8-14(15)19(3,4)5/h6-10,13H,11H2,1-5H3,(H,20,23)(H,21,22,24)/t13-/m0/s1. The van der Waals surface area contributed by atoms with Gasteiger partial charge in [0.05, 0.1) is 11.0 Å². The van der Waals surface area contributed by atoms with Crippen LogP contribution in [0.2, 0.25) is 0 Å². The van der Waals surface area contributed by atoms with Crippen LogP contribution in [0.25, 0.3) is 0 Å². The second-order valence-electron chi connectivity index (χ2n) is 7.11. The van der Waals surface area contributed by atoms with Gasteiger partial charge in [0.1, 0.15) is 5.76 Å². The first-order chi connectivity index (χ1) is 12.2. The van der Waals surface area contributed by atoms with Crippen molar-refractivity contribution in [3.63, 3.8) is 0 Å². The van der Waals surface area contributed by atoms with Crippen molar-refractivity contribution >= 4 is 35.1 Å². The van der Waals surface area contributed by atoms with Crippen molar-refractivity contribution in [1.82, 2.24) is 5.16 Å². The Morgan fingerprint density at radius 1 is 1.23 bits per heavy atom. The Morgan fingerprint density at radius 2 is 1.92 bits per heavy atom. The normalized spacial score (nSPS) is 12.5. The lowest BCUT2D eigenvalue weighted by Gasteiger charge is -2.23. The van der Waals surface area contributed by atoms with Crippen LogP contribution in [0.3, 0.4) is 0 Å². The van der Waals surface area contributed by atoms with Crippen LogP contribution in [0.15, 0.2) is 34.9 Å². The summed E-state index contributed by atoms with van der Waals surface area (Å²) in [5.74, 6) is 0.834. The minimum atomic E-state index is -0.393. The van der Waals surface area contributed by atoms with Crippen molar-refractivity contribution in [3.05, 3.63) is 41.7 Å². The summed E-state index contributed by atoms with van der Waals surface area (Å²) in [6.45, 7) is 9.81. The third-order valence-electron chi connectivity index (χ3n) is 3.72. The molecule has 140 valence electrons. The molecule has 2 N–H and O–H groups in total. The van der Waals surface area contributed by atoms with Gasteiger partial charge in [-0.15, -0.1) is 11.8 Å². The van der Waals surface area contributed by atoms with Crippen LogP contribution in [-0.4, -0.2) is 28.0 Å². The Balaban J connectivity index is 1.88. The van der Waals surface area contributed by atoms with Gasteiger partial charge in [-0.05, 0) is 30.9 Å². The molecule has 0 aliphatic carbocycles. The van der Waals surface area contributed by atoms with E-state index >= 15 is 0 Å². The summed E-state index contributed by atoms with van der Waals surface area (Å²) < 4.78 is 4.91. The van der Waals surface area contributed by atoms with Crippen LogP contribution >= 0.6 is 11.8 Å². The fraction of sp³-hybridized carbons (Fsp3) is 0.421. The molecule has 2 aromatic rings. The van der Waals surface area contributed by atoms with Crippen molar-refractivity contribution in [2.45, 2.75) is 45.3 Å². The molecule has 0 spiro atoms. The summed E-state index contributed by atoms with van der Waals surface area (Å²) in [6, 6.07) is 9.41. The van der Waals surface area contributed by atoms with Gasteiger partial charge in [0.2, 0.25) is 11.8 Å². The van der Waals surface area contributed by atoms with Gasteiger partial charge < -0.3 is 15.2 Å². The maximum absolute atomic E-state index is 12.3. The fourth-order valence-electron chi connectivity index (χ4n) is 2.36. The lowest BCUT2D eigenvalue weighted by atomic mass is 9.86. The molecule has 0 fully saturated rings. The molecule has 2 rings (SSSR count). The van der Waals surface area contributed by atoms with Crippen molar-refractivity contribution in [2.75, 3.05) is 16.4 Å². The van der Waals surface area contributed by atoms with E-state index < -0.39 is 5.25 Å². The summed E-state index contributed by atoms with van der Waals surface area (Å²) in [4.78, 5) is 24.4. The van der Waals surface area contributed by atoms with Gasteiger partial charge in [0.15, 0.2) is 5.82 Å². The maximum atomic E-state index is 12.3. The molecule has 0 bridgehead atoms. The molecule has 1 heterocycles. The van der Waals surface area contributed by atoms with Gasteiger partial charge in [-0.1, -0.05) is 44.1 Å². The van der Waals surface area contributed by atoms with E-state index in [9.17, 15) is 9.59 Å². The van der Waals surface area contributed by atoms with E-state index in [1.165, 1.54) is 11.8 Å². The molecule has 0 saturated heterocycles. The van der Waals surface area contributed by atoms with Crippen LogP contribution in [0.5, 0.6) is 0 Å². The largest absolute Gasteiger partial charge is 0.360 e. The van der Waals surface area contributed by atoms with E-state index in [0.717, 1.165) is 11.3 Å². The molecule has 0 saturated carbocycles. The number of amides is 2. The maximum Gasteiger partial charge on any atom is 0.238 e. The number of aryl methyl sites for hydroxylation is 1. The van der Waals surface area contributed by atoms with Crippen LogP contribution < -0.4 is 10.6 Å². The molecular weight excluding hydrogens is 350 g/mol. The van der Waals surface area contributed by atoms with Crippen LogP contribution in [0.4, 0.5) is 11.5 Å². The van der Waals surface area contributed by atoms with Gasteiger partial charge in [-0.3, -0.25) is 9.59 Å². The van der Waals surface area contributed by atoms with Gasteiger partial charge in [-0.2, -0.15) is 0 Å². The molecule has 1 aromatic heterocycles. The van der Waals surface area contributed by atoms with E-state index in [1.54, 1.807) is 19.9 Å². The van der Waals surface area contributed by atoms with E-state index in [4.69, 9.17) is 4.52 Å². The average Bonchev–Trinajstić information content (AvgIpc) is 2.97. The zero-order valence-corrected chi connectivity index (χ0v) is 16.6. The SMILES string of the molecule is Cc1cc(NC(=O)[C@H](C)SCC(=O)Nc2ccccc2C(C)(C)C)no1. The first-order valence-electron chi connectivity index (χ1n) is 8.42. The van der Waals surface area contributed by atoms with E-state index in [1.807, 2.05) is 24.3 Å². The number of thioether (sulfide) groups is 1. The molecule has 7 heteroatoms. The quantitative estimate of drug-likeness (QED) is 0.798. The van der Waals surface area contributed by atoms with Crippen molar-refractivity contribution in [3.8, 4) is 0 Å². The van der Waals surface area contributed by atoms with Crippen molar-refractivity contribution in [1.29, 1.82) is 0 Å². The highest BCUT2D eigenvalue weighted by Crippen LogP contribution is 2.29. The van der Waals surface area contributed by atoms with E-state index in [0.29, 0.717) is 11.6 Å². The Bertz CT molecular complexity index is 780. The number of carbonyl (C=O) groups is 2. The molecule has 0 radical (unpaired) electrons. The van der Waals surface area contributed by atoms with E-state index in [2.05, 4.69) is 36.6 Å². The topological polar surface area (TPSA) is 84.2 Å². The van der Waals surface area contributed by atoms with Gasteiger partial charge in [-0.25, -0.2) is 0 Å². The second kappa shape index (κ2) is 8.40. The Kier molecular flexibility index (Phi) is 6.47. The Morgan fingerprint density at radius 3 is 2.54 bits per heavy atom. The van der Waals surface area contributed by atoms with Gasteiger partial charge in [0, 0.05) is 11.8 Å². The zero-order chi connectivity index (χ0) is 19.3. The number of anilines is 2. The smallest absolute Gasteiger partial charge is 0.238 e. The molecule has 2 amide bonds. The molecule has 1 atom stereocenters. The number of nitrogens with zero attached hydrogens (tertiary/aromatic N) is 1. The minimum absolute atomic E-state index is 0.0695. The van der Waals surface area contributed by atoms with Gasteiger partial charge >= 0.3 is 0 Å². The molecule has 26 heavy (non-hydrogen) atoms. The highest BCUT2D eigenvalue weighted by molar-refractivity contribution is 8.01. The summed E-state index contributed by atoms with van der Waals surface area (Å²) in [5, 5.41) is 8.95. The lowest BCUT2D eigenvalue weighted by Crippen LogP contribution is -2.25. The number of hydrogen-bond acceptors (Lipinski definition) is 5. The summed E-state index contributed by atoms with van der Waals surface area (Å²) in [6.07, 6.45) is 0. The number of hydrogen-bond donors (Lipinski definition) is 2. The summed E-state index contributed by atoms with van der Waals surface area (Å²) >= 11 is 1.27. The average molecular weight is 375 g/mol. The first-order valence-corrected chi connectivity index (χ1v) is 9.47. The van der Waals surface area contributed by atoms with Crippen LogP contribution in [-0.2, 0) is 15.0 Å². The zero-order valence-electron chi connectivity index (χ0n) is 15.8. The predicted octanol–water partition coefficient (Wildman–Crippen LogP) is 3.98. The number of carbonyl (C=O) groups excluding carboxylic acids is 2. The fourth-order valence-corrected chi connectivity index (χ4v) is 3.05. The van der Waals surface area contributed by atoms with E-state index in [-0.39, 0.29) is 23.0 Å². The molecular formula is C19H25N3O3S. The van der Waals surface area contributed by atoms with Crippen LogP contribution in [0.1, 0.15) is 39.0 Å². The van der Waals surface area contributed by atoms with Crippen molar-refractivity contribution in [2.24, 2.45) is 0 Å².